The third-order valence-corrected chi connectivity index (χ3v) is 5.28. The summed E-state index contributed by atoms with van der Waals surface area (Å²) >= 11 is 3.60. The molecule has 1 aliphatic carbocycles. The monoisotopic (exact) mass is 390 g/mol. The topological polar surface area (TPSA) is 32.3 Å². The zero-order valence-corrected chi connectivity index (χ0v) is 15.1. The predicted molar refractivity (Wildman–Crippen MR) is 96.3 cm³/mol. The highest BCUT2D eigenvalue weighted by molar-refractivity contribution is 9.10. The summed E-state index contributed by atoms with van der Waals surface area (Å²) in [5.74, 6) is -0.288. The van der Waals surface area contributed by atoms with E-state index in [2.05, 4.69) is 27.3 Å². The first-order chi connectivity index (χ1) is 11.5. The third-order valence-electron chi connectivity index (χ3n) is 4.59. The maximum atomic E-state index is 13.7. The van der Waals surface area contributed by atoms with Crippen LogP contribution in [0.4, 0.5) is 9.18 Å². The highest BCUT2D eigenvalue weighted by Crippen LogP contribution is 2.49. The van der Waals surface area contributed by atoms with Gasteiger partial charge in [-0.25, -0.2) is 9.18 Å². The zero-order valence-electron chi connectivity index (χ0n) is 13.6. The molecule has 5 heteroatoms. The number of hydrogen-bond donors (Lipinski definition) is 1. The number of hydrogen-bond acceptors (Lipinski definition) is 1. The number of rotatable bonds is 5. The summed E-state index contributed by atoms with van der Waals surface area (Å²) < 4.78 is 14.8. The van der Waals surface area contributed by atoms with E-state index >= 15 is 0 Å². The molecule has 0 spiro atoms. The minimum Gasteiger partial charge on any atom is -0.337 e. The predicted octanol–water partition coefficient (Wildman–Crippen LogP) is 4.46. The molecule has 1 saturated carbocycles. The van der Waals surface area contributed by atoms with E-state index in [4.69, 9.17) is 0 Å². The van der Waals surface area contributed by atoms with Crippen LogP contribution in [-0.4, -0.2) is 24.5 Å². The summed E-state index contributed by atoms with van der Waals surface area (Å²) in [5, 5.41) is 2.99. The maximum absolute atomic E-state index is 13.7. The zero-order chi connectivity index (χ0) is 17.2. The van der Waals surface area contributed by atoms with Crippen molar-refractivity contribution in [1.82, 2.24) is 10.2 Å². The van der Waals surface area contributed by atoms with Crippen LogP contribution < -0.4 is 5.32 Å². The number of nitrogens with zero attached hydrogens (tertiary/aromatic N) is 1. The molecule has 24 heavy (non-hydrogen) atoms. The van der Waals surface area contributed by atoms with Crippen molar-refractivity contribution in [2.75, 3.05) is 13.6 Å². The van der Waals surface area contributed by atoms with Gasteiger partial charge in [-0.15, -0.1) is 0 Å². The highest BCUT2D eigenvalue weighted by Gasteiger charge is 2.45. The SMILES string of the molecule is CN(Cc1ccccc1F)C(=O)NCC1(c2ccccc2Br)CC1. The van der Waals surface area contributed by atoms with Gasteiger partial charge in [-0.1, -0.05) is 52.3 Å². The molecule has 1 fully saturated rings. The first-order valence-electron chi connectivity index (χ1n) is 7.99. The smallest absolute Gasteiger partial charge is 0.317 e. The van der Waals surface area contributed by atoms with E-state index in [0.717, 1.165) is 17.3 Å². The molecule has 3 nitrogen and oxygen atoms in total. The van der Waals surface area contributed by atoms with Crippen LogP contribution in [0.5, 0.6) is 0 Å². The minimum atomic E-state index is -0.288. The quantitative estimate of drug-likeness (QED) is 0.802. The Labute approximate surface area is 150 Å². The van der Waals surface area contributed by atoms with Crippen molar-refractivity contribution in [3.05, 3.63) is 69.9 Å². The molecule has 0 radical (unpaired) electrons. The molecule has 0 heterocycles. The molecule has 2 aromatic carbocycles. The number of urea groups is 1. The first-order valence-corrected chi connectivity index (χ1v) is 8.78. The van der Waals surface area contributed by atoms with Crippen LogP contribution in [0.25, 0.3) is 0 Å². The summed E-state index contributed by atoms with van der Waals surface area (Å²) in [7, 11) is 1.68. The molecule has 2 amide bonds. The molecule has 3 rings (SSSR count). The van der Waals surface area contributed by atoms with Gasteiger partial charge >= 0.3 is 6.03 Å². The van der Waals surface area contributed by atoms with Crippen molar-refractivity contribution in [3.8, 4) is 0 Å². The average Bonchev–Trinajstić information content (AvgIpc) is 3.36. The molecule has 0 aromatic heterocycles. The van der Waals surface area contributed by atoms with Crippen LogP contribution in [-0.2, 0) is 12.0 Å². The van der Waals surface area contributed by atoms with E-state index in [-0.39, 0.29) is 23.8 Å². The fraction of sp³-hybridized carbons (Fsp3) is 0.316. The summed E-state index contributed by atoms with van der Waals surface area (Å²) in [5.41, 5.74) is 1.78. The Bertz CT molecular complexity index is 746. The van der Waals surface area contributed by atoms with E-state index in [1.54, 1.807) is 25.2 Å². The van der Waals surface area contributed by atoms with Crippen LogP contribution in [0.1, 0.15) is 24.0 Å². The Balaban J connectivity index is 1.60. The summed E-state index contributed by atoms with van der Waals surface area (Å²) in [6, 6.07) is 14.5. The maximum Gasteiger partial charge on any atom is 0.317 e. The van der Waals surface area contributed by atoms with Crippen molar-refractivity contribution in [2.45, 2.75) is 24.8 Å². The van der Waals surface area contributed by atoms with Crippen molar-refractivity contribution in [3.63, 3.8) is 0 Å². The Hall–Kier alpha value is -1.88. The summed E-state index contributed by atoms with van der Waals surface area (Å²) in [6.07, 6.45) is 2.12. The van der Waals surface area contributed by atoms with Gasteiger partial charge in [0.05, 0.1) is 0 Å². The van der Waals surface area contributed by atoms with Crippen LogP contribution in [0.2, 0.25) is 0 Å². The molecule has 0 bridgehead atoms. The number of nitrogens with one attached hydrogen (secondary N) is 1. The molecule has 0 saturated heterocycles. The Morgan fingerprint density at radius 1 is 1.21 bits per heavy atom. The molecule has 0 aliphatic heterocycles. The van der Waals surface area contributed by atoms with Gasteiger partial charge in [0, 0.05) is 35.6 Å². The van der Waals surface area contributed by atoms with E-state index in [0.29, 0.717) is 12.1 Å². The summed E-state index contributed by atoms with van der Waals surface area (Å²) in [6.45, 7) is 0.844. The lowest BCUT2D eigenvalue weighted by Gasteiger charge is -2.22. The Morgan fingerprint density at radius 3 is 2.54 bits per heavy atom. The van der Waals surface area contributed by atoms with Gasteiger partial charge < -0.3 is 10.2 Å². The Kier molecular flexibility index (Phi) is 4.90. The normalized spacial score (nSPS) is 15.0. The van der Waals surface area contributed by atoms with Gasteiger partial charge in [0.15, 0.2) is 0 Å². The second-order valence-electron chi connectivity index (χ2n) is 6.37. The fourth-order valence-electron chi connectivity index (χ4n) is 2.92. The molecule has 0 unspecified atom stereocenters. The van der Waals surface area contributed by atoms with Gasteiger partial charge in [-0.3, -0.25) is 0 Å². The van der Waals surface area contributed by atoms with Gasteiger partial charge in [0.1, 0.15) is 5.82 Å². The third kappa shape index (κ3) is 3.61. The number of carbonyl (C=O) groups is 1. The molecule has 2 aromatic rings. The molecular weight excluding hydrogens is 371 g/mol. The molecule has 0 atom stereocenters. The second-order valence-corrected chi connectivity index (χ2v) is 7.22. The average molecular weight is 391 g/mol. The molecule has 126 valence electrons. The van der Waals surface area contributed by atoms with Crippen molar-refractivity contribution in [1.29, 1.82) is 0 Å². The lowest BCUT2D eigenvalue weighted by atomic mass is 9.96. The molecule has 1 N–H and O–H groups in total. The largest absolute Gasteiger partial charge is 0.337 e. The number of amides is 2. The van der Waals surface area contributed by atoms with Gasteiger partial charge in [0.25, 0.3) is 0 Å². The van der Waals surface area contributed by atoms with Crippen LogP contribution in [0.3, 0.4) is 0 Å². The molecular formula is C19H20BrFN2O. The second kappa shape index (κ2) is 6.93. The van der Waals surface area contributed by atoms with E-state index in [1.807, 2.05) is 18.2 Å². The lowest BCUT2D eigenvalue weighted by Crippen LogP contribution is -2.40. The van der Waals surface area contributed by atoms with E-state index < -0.39 is 0 Å². The van der Waals surface area contributed by atoms with Crippen LogP contribution in [0, 0.1) is 5.82 Å². The van der Waals surface area contributed by atoms with Crippen molar-refractivity contribution in [2.24, 2.45) is 0 Å². The number of benzene rings is 2. The number of halogens is 2. The van der Waals surface area contributed by atoms with Crippen LogP contribution in [0.15, 0.2) is 53.0 Å². The molecule has 1 aliphatic rings. The van der Waals surface area contributed by atoms with Gasteiger partial charge in [-0.2, -0.15) is 0 Å². The lowest BCUT2D eigenvalue weighted by molar-refractivity contribution is 0.205. The highest BCUT2D eigenvalue weighted by atomic mass is 79.9. The fourth-order valence-corrected chi connectivity index (χ4v) is 3.62. The summed E-state index contributed by atoms with van der Waals surface area (Å²) in [4.78, 5) is 13.8. The van der Waals surface area contributed by atoms with Crippen molar-refractivity contribution < 1.29 is 9.18 Å². The standard InChI is InChI=1S/C19H20BrFN2O/c1-23(12-14-6-2-5-9-17(14)21)18(24)22-13-19(10-11-19)15-7-3-4-8-16(15)20/h2-9H,10-13H2,1H3,(H,22,24). The minimum absolute atomic E-state index is 0.0224. The number of carbonyl (C=O) groups excluding carboxylic acids is 1. The van der Waals surface area contributed by atoms with E-state index in [9.17, 15) is 9.18 Å². The van der Waals surface area contributed by atoms with Gasteiger partial charge in [-0.05, 0) is 30.5 Å². The van der Waals surface area contributed by atoms with Gasteiger partial charge in [0.2, 0.25) is 0 Å². The van der Waals surface area contributed by atoms with E-state index in [1.165, 1.54) is 16.5 Å². The van der Waals surface area contributed by atoms with Crippen LogP contribution >= 0.6 is 15.9 Å². The first kappa shape index (κ1) is 17.0. The van der Waals surface area contributed by atoms with Crippen molar-refractivity contribution >= 4 is 22.0 Å². The Morgan fingerprint density at radius 2 is 1.88 bits per heavy atom.